The Morgan fingerprint density at radius 3 is 2.71 bits per heavy atom. The van der Waals surface area contributed by atoms with Gasteiger partial charge in [0.15, 0.2) is 0 Å². The number of benzene rings is 1. The van der Waals surface area contributed by atoms with Gasteiger partial charge in [0.05, 0.1) is 10.7 Å². The average Bonchev–Trinajstić information content (AvgIpc) is 2.98. The summed E-state index contributed by atoms with van der Waals surface area (Å²) >= 11 is 1.82. The van der Waals surface area contributed by atoms with Gasteiger partial charge >= 0.3 is 0 Å². The van der Waals surface area contributed by atoms with E-state index in [4.69, 9.17) is 4.98 Å². The number of nitrogens with zero attached hydrogens (tertiary/aromatic N) is 1. The first kappa shape index (κ1) is 14.7. The molecule has 1 heterocycles. The number of hydrogen-bond acceptors (Lipinski definition) is 3. The Morgan fingerprint density at radius 2 is 2.00 bits per heavy atom. The van der Waals surface area contributed by atoms with Crippen molar-refractivity contribution >= 4 is 11.3 Å². The molecule has 1 aliphatic rings. The Labute approximate surface area is 131 Å². The minimum atomic E-state index is 0.837. The molecule has 1 N–H and O–H groups in total. The van der Waals surface area contributed by atoms with Gasteiger partial charge < -0.3 is 5.32 Å². The first-order valence-electron chi connectivity index (χ1n) is 8.07. The fourth-order valence-electron chi connectivity index (χ4n) is 3.01. The lowest BCUT2D eigenvalue weighted by Crippen LogP contribution is -2.36. The second kappa shape index (κ2) is 7.19. The maximum absolute atomic E-state index is 4.83. The van der Waals surface area contributed by atoms with E-state index in [1.807, 2.05) is 11.3 Å². The van der Waals surface area contributed by atoms with Crippen LogP contribution < -0.4 is 5.32 Å². The van der Waals surface area contributed by atoms with Gasteiger partial charge in [0.1, 0.15) is 0 Å². The third-order valence-corrected chi connectivity index (χ3v) is 5.34. The molecule has 2 aromatic rings. The van der Waals surface area contributed by atoms with E-state index in [0.29, 0.717) is 0 Å². The summed E-state index contributed by atoms with van der Waals surface area (Å²) in [6.45, 7) is 4.57. The highest BCUT2D eigenvalue weighted by Gasteiger charge is 2.30. The normalized spacial score (nSPS) is 21.2. The van der Waals surface area contributed by atoms with Gasteiger partial charge in [-0.1, -0.05) is 37.3 Å². The van der Waals surface area contributed by atoms with Gasteiger partial charge in [-0.15, -0.1) is 11.3 Å². The summed E-state index contributed by atoms with van der Waals surface area (Å²) in [7, 11) is 0. The van der Waals surface area contributed by atoms with E-state index < -0.39 is 0 Å². The maximum atomic E-state index is 4.83. The number of aromatic nitrogens is 1. The van der Waals surface area contributed by atoms with E-state index in [0.717, 1.165) is 30.5 Å². The molecule has 112 valence electrons. The van der Waals surface area contributed by atoms with Gasteiger partial charge in [-0.05, 0) is 44.2 Å². The maximum Gasteiger partial charge on any atom is 0.0935 e. The quantitative estimate of drug-likeness (QED) is 0.768. The van der Waals surface area contributed by atoms with Crippen molar-refractivity contribution < 1.29 is 0 Å². The van der Waals surface area contributed by atoms with Crippen LogP contribution in [0.15, 0.2) is 35.7 Å². The summed E-state index contributed by atoms with van der Waals surface area (Å²) in [6.07, 6.45) is 5.15. The van der Waals surface area contributed by atoms with Crippen LogP contribution in [0.4, 0.5) is 0 Å². The zero-order valence-corrected chi connectivity index (χ0v) is 13.5. The molecule has 3 rings (SSSR count). The molecule has 1 saturated carbocycles. The van der Waals surface area contributed by atoms with Crippen LogP contribution in [0.1, 0.15) is 31.2 Å². The zero-order valence-electron chi connectivity index (χ0n) is 12.7. The molecule has 0 aliphatic heterocycles. The molecule has 0 saturated heterocycles. The third kappa shape index (κ3) is 3.72. The van der Waals surface area contributed by atoms with Crippen LogP contribution in [0.3, 0.4) is 0 Å². The fraction of sp³-hybridized carbons (Fsp3) is 0.500. The van der Waals surface area contributed by atoms with E-state index in [-0.39, 0.29) is 0 Å². The van der Waals surface area contributed by atoms with E-state index >= 15 is 0 Å². The van der Waals surface area contributed by atoms with Crippen LogP contribution in [0.25, 0.3) is 11.3 Å². The SMILES string of the molecule is CCCNCC1CCC1Cc1nc(-c2ccccc2)cs1. The Morgan fingerprint density at radius 1 is 1.19 bits per heavy atom. The first-order chi connectivity index (χ1) is 10.4. The van der Waals surface area contributed by atoms with Crippen molar-refractivity contribution in [3.8, 4) is 11.3 Å². The molecule has 1 aliphatic carbocycles. The lowest BCUT2D eigenvalue weighted by atomic mass is 9.72. The van der Waals surface area contributed by atoms with Crippen molar-refractivity contribution in [1.29, 1.82) is 0 Å². The van der Waals surface area contributed by atoms with Crippen molar-refractivity contribution in [1.82, 2.24) is 10.3 Å². The zero-order chi connectivity index (χ0) is 14.5. The second-order valence-electron chi connectivity index (χ2n) is 6.00. The second-order valence-corrected chi connectivity index (χ2v) is 6.94. The Hall–Kier alpha value is -1.19. The Balaban J connectivity index is 1.55. The molecule has 3 heteroatoms. The molecule has 2 nitrogen and oxygen atoms in total. The monoisotopic (exact) mass is 300 g/mol. The standard InChI is InChI=1S/C18H24N2S/c1-2-10-19-12-16-9-8-15(16)11-18-20-17(13-21-18)14-6-4-3-5-7-14/h3-7,13,15-16,19H,2,8-12H2,1H3. The molecule has 0 spiro atoms. The Bertz CT molecular complexity index is 549. The highest BCUT2D eigenvalue weighted by Crippen LogP contribution is 2.37. The molecule has 1 fully saturated rings. The lowest BCUT2D eigenvalue weighted by molar-refractivity contribution is 0.171. The predicted molar refractivity (Wildman–Crippen MR) is 90.6 cm³/mol. The minimum absolute atomic E-state index is 0.837. The van der Waals surface area contributed by atoms with E-state index in [9.17, 15) is 0 Å². The lowest BCUT2D eigenvalue weighted by Gasteiger charge is -2.36. The van der Waals surface area contributed by atoms with Crippen LogP contribution in [0, 0.1) is 11.8 Å². The first-order valence-corrected chi connectivity index (χ1v) is 8.95. The smallest absolute Gasteiger partial charge is 0.0935 e. The van der Waals surface area contributed by atoms with Crippen molar-refractivity contribution in [2.24, 2.45) is 11.8 Å². The number of rotatable bonds is 7. The van der Waals surface area contributed by atoms with Crippen LogP contribution in [-0.2, 0) is 6.42 Å². The number of hydrogen-bond donors (Lipinski definition) is 1. The van der Waals surface area contributed by atoms with Crippen LogP contribution in [0.2, 0.25) is 0 Å². The summed E-state index contributed by atoms with van der Waals surface area (Å²) in [5.74, 6) is 1.70. The molecule has 0 radical (unpaired) electrons. The molecule has 2 unspecified atom stereocenters. The highest BCUT2D eigenvalue weighted by molar-refractivity contribution is 7.09. The molecular formula is C18H24N2S. The minimum Gasteiger partial charge on any atom is -0.316 e. The topological polar surface area (TPSA) is 24.9 Å². The third-order valence-electron chi connectivity index (χ3n) is 4.47. The van der Waals surface area contributed by atoms with Crippen molar-refractivity contribution in [3.05, 3.63) is 40.7 Å². The average molecular weight is 300 g/mol. The van der Waals surface area contributed by atoms with Gasteiger partial charge in [0.2, 0.25) is 0 Å². The van der Waals surface area contributed by atoms with Crippen molar-refractivity contribution in [2.45, 2.75) is 32.6 Å². The molecule has 21 heavy (non-hydrogen) atoms. The fourth-order valence-corrected chi connectivity index (χ4v) is 3.91. The van der Waals surface area contributed by atoms with Gasteiger partial charge in [0, 0.05) is 17.4 Å². The summed E-state index contributed by atoms with van der Waals surface area (Å²) in [5.41, 5.74) is 2.37. The van der Waals surface area contributed by atoms with E-state index in [1.54, 1.807) is 0 Å². The van der Waals surface area contributed by atoms with Crippen LogP contribution in [0.5, 0.6) is 0 Å². The van der Waals surface area contributed by atoms with E-state index in [1.165, 1.54) is 36.4 Å². The van der Waals surface area contributed by atoms with Crippen LogP contribution in [-0.4, -0.2) is 18.1 Å². The van der Waals surface area contributed by atoms with Gasteiger partial charge in [0.25, 0.3) is 0 Å². The summed E-state index contributed by atoms with van der Waals surface area (Å²) < 4.78 is 0. The van der Waals surface area contributed by atoms with Gasteiger partial charge in [-0.25, -0.2) is 4.98 Å². The summed E-state index contributed by atoms with van der Waals surface area (Å²) in [6, 6.07) is 10.5. The molecule has 1 aromatic heterocycles. The van der Waals surface area contributed by atoms with E-state index in [2.05, 4.69) is 48.0 Å². The van der Waals surface area contributed by atoms with Crippen LogP contribution >= 0.6 is 11.3 Å². The number of thiazole rings is 1. The molecule has 0 amide bonds. The van der Waals surface area contributed by atoms with Gasteiger partial charge in [-0.3, -0.25) is 0 Å². The summed E-state index contributed by atoms with van der Waals surface area (Å²) in [4.78, 5) is 4.83. The predicted octanol–water partition coefficient (Wildman–Crippen LogP) is 4.38. The Kier molecular flexibility index (Phi) is 5.04. The van der Waals surface area contributed by atoms with Gasteiger partial charge in [-0.2, -0.15) is 0 Å². The van der Waals surface area contributed by atoms with Crippen molar-refractivity contribution in [2.75, 3.05) is 13.1 Å². The molecule has 0 bridgehead atoms. The number of nitrogens with one attached hydrogen (secondary N) is 1. The molecular weight excluding hydrogens is 276 g/mol. The molecule has 1 aromatic carbocycles. The molecule has 2 atom stereocenters. The largest absolute Gasteiger partial charge is 0.316 e. The highest BCUT2D eigenvalue weighted by atomic mass is 32.1. The van der Waals surface area contributed by atoms with Crippen molar-refractivity contribution in [3.63, 3.8) is 0 Å². The summed E-state index contributed by atoms with van der Waals surface area (Å²) in [5, 5.41) is 7.07.